The third kappa shape index (κ3) is 5.52. The summed E-state index contributed by atoms with van der Waals surface area (Å²) in [5, 5.41) is 0. The lowest BCUT2D eigenvalue weighted by Gasteiger charge is -2.39. The molecule has 0 spiro atoms. The minimum absolute atomic E-state index is 0.155. The number of thioether (sulfide) groups is 1. The monoisotopic (exact) mass is 558 g/mol. The van der Waals surface area contributed by atoms with E-state index in [0.29, 0.717) is 5.92 Å². The van der Waals surface area contributed by atoms with Crippen LogP contribution in [0.3, 0.4) is 0 Å². The number of hydrogen-bond donors (Lipinski definition) is 0. The van der Waals surface area contributed by atoms with Gasteiger partial charge in [0.2, 0.25) is 0 Å². The van der Waals surface area contributed by atoms with Crippen LogP contribution in [0.2, 0.25) is 0 Å². The molecule has 0 aliphatic carbocycles. The minimum atomic E-state index is 0.155. The largest absolute Gasteiger partial charge is 0.497 e. The summed E-state index contributed by atoms with van der Waals surface area (Å²) < 4.78 is 14.0. The van der Waals surface area contributed by atoms with E-state index in [1.165, 1.54) is 11.1 Å². The van der Waals surface area contributed by atoms with E-state index in [4.69, 9.17) is 14.5 Å². The zero-order valence-corrected chi connectivity index (χ0v) is 24.3. The Kier molecular flexibility index (Phi) is 7.54. The number of rotatable bonds is 8. The van der Waals surface area contributed by atoms with E-state index in [-0.39, 0.29) is 24.1 Å². The van der Waals surface area contributed by atoms with Crippen LogP contribution in [0.4, 0.5) is 0 Å². The van der Waals surface area contributed by atoms with Crippen molar-refractivity contribution in [3.05, 3.63) is 83.4 Å². The maximum Gasteiger partial charge on any atom is 0.254 e. The summed E-state index contributed by atoms with van der Waals surface area (Å²) in [7, 11) is 1.67. The van der Waals surface area contributed by atoms with Crippen molar-refractivity contribution in [2.45, 2.75) is 73.7 Å². The number of carbonyl (C=O) groups is 1. The van der Waals surface area contributed by atoms with Crippen molar-refractivity contribution in [2.75, 3.05) is 7.11 Å². The first-order valence-corrected chi connectivity index (χ1v) is 15.5. The Hall–Kier alpha value is -3.03. The number of piperidine rings is 1. The molecule has 0 saturated carbocycles. The molecule has 3 aromatic carbocycles. The molecular formula is C32H34N2O3S2. The molecule has 2 aliphatic rings. The summed E-state index contributed by atoms with van der Waals surface area (Å²) in [6, 6.07) is 23.0. The predicted octanol–water partition coefficient (Wildman–Crippen LogP) is 7.94. The number of carbonyl (C=O) groups excluding carboxylic acids is 1. The van der Waals surface area contributed by atoms with Gasteiger partial charge in [-0.05, 0) is 60.2 Å². The number of hydrogen-bond acceptors (Lipinski definition) is 6. The van der Waals surface area contributed by atoms with E-state index in [1.807, 2.05) is 30.3 Å². The Morgan fingerprint density at radius 2 is 1.79 bits per heavy atom. The molecule has 5 nitrogen and oxygen atoms in total. The van der Waals surface area contributed by atoms with Gasteiger partial charge in [0.25, 0.3) is 5.91 Å². The van der Waals surface area contributed by atoms with E-state index < -0.39 is 0 Å². The quantitative estimate of drug-likeness (QED) is 0.206. The molecule has 2 unspecified atom stereocenters. The van der Waals surface area contributed by atoms with E-state index in [9.17, 15) is 4.79 Å². The second-order valence-electron chi connectivity index (χ2n) is 10.8. The molecule has 4 aromatic rings. The first kappa shape index (κ1) is 26.2. The van der Waals surface area contributed by atoms with Crippen molar-refractivity contribution >= 4 is 39.2 Å². The smallest absolute Gasteiger partial charge is 0.254 e. The number of para-hydroxylation sites is 1. The van der Waals surface area contributed by atoms with Crippen LogP contribution in [0.15, 0.2) is 71.1 Å². The molecule has 1 aromatic heterocycles. The van der Waals surface area contributed by atoms with Crippen LogP contribution >= 0.6 is 23.1 Å². The maximum atomic E-state index is 13.6. The van der Waals surface area contributed by atoms with Crippen LogP contribution in [0.1, 0.15) is 66.9 Å². The Bertz CT molecular complexity index is 1450. The number of ether oxygens (including phenoxy) is 2. The van der Waals surface area contributed by atoms with E-state index in [2.05, 4.69) is 55.1 Å². The first-order chi connectivity index (χ1) is 19.0. The van der Waals surface area contributed by atoms with Crippen molar-refractivity contribution in [2.24, 2.45) is 0 Å². The van der Waals surface area contributed by atoms with Gasteiger partial charge in [-0.3, -0.25) is 4.79 Å². The molecule has 0 N–H and O–H groups in total. The highest BCUT2D eigenvalue weighted by Gasteiger charge is 2.44. The maximum absolute atomic E-state index is 13.6. The number of methoxy groups -OCH3 is 1. The zero-order chi connectivity index (χ0) is 26.9. The van der Waals surface area contributed by atoms with E-state index in [0.717, 1.165) is 63.1 Å². The van der Waals surface area contributed by atoms with Gasteiger partial charge < -0.3 is 14.4 Å². The second-order valence-corrected chi connectivity index (χ2v) is 13.1. The third-order valence-corrected chi connectivity index (χ3v) is 10.1. The molecular weight excluding hydrogens is 524 g/mol. The van der Waals surface area contributed by atoms with Crippen LogP contribution in [0, 0.1) is 0 Å². The van der Waals surface area contributed by atoms with Crippen LogP contribution in [-0.4, -0.2) is 41.1 Å². The van der Waals surface area contributed by atoms with E-state index >= 15 is 0 Å². The highest BCUT2D eigenvalue weighted by Crippen LogP contribution is 2.39. The van der Waals surface area contributed by atoms with Gasteiger partial charge in [0.1, 0.15) is 17.6 Å². The van der Waals surface area contributed by atoms with Gasteiger partial charge in [0.15, 0.2) is 4.34 Å². The number of amides is 1. The molecule has 6 rings (SSSR count). The van der Waals surface area contributed by atoms with Crippen molar-refractivity contribution in [1.29, 1.82) is 0 Å². The van der Waals surface area contributed by atoms with Crippen molar-refractivity contribution in [3.8, 4) is 11.5 Å². The second kappa shape index (κ2) is 11.2. The van der Waals surface area contributed by atoms with Gasteiger partial charge in [0, 0.05) is 42.3 Å². The minimum Gasteiger partial charge on any atom is -0.497 e. The SMILES string of the molecule is COc1ccc2sc(SCc3ccc(C(=O)N4C5CCC4CC(Oc4ccccc4C(C)C)C5)cc3)nc2c1. The summed E-state index contributed by atoms with van der Waals surface area (Å²) in [4.78, 5) is 20.5. The summed E-state index contributed by atoms with van der Waals surface area (Å²) >= 11 is 3.42. The molecule has 3 heterocycles. The average molecular weight is 559 g/mol. The van der Waals surface area contributed by atoms with Crippen molar-refractivity contribution < 1.29 is 14.3 Å². The molecule has 202 valence electrons. The normalized spacial score (nSPS) is 20.5. The molecule has 2 aliphatic heterocycles. The Labute approximate surface area is 238 Å². The number of fused-ring (bicyclic) bond motifs is 3. The summed E-state index contributed by atoms with van der Waals surface area (Å²) in [5.74, 6) is 3.22. The fourth-order valence-electron chi connectivity index (χ4n) is 5.91. The molecule has 2 fully saturated rings. The highest BCUT2D eigenvalue weighted by atomic mass is 32.2. The van der Waals surface area contributed by atoms with Crippen LogP contribution < -0.4 is 9.47 Å². The first-order valence-electron chi connectivity index (χ1n) is 13.7. The summed E-state index contributed by atoms with van der Waals surface area (Å²) in [5.41, 5.74) is 4.19. The number of thiazole rings is 1. The Morgan fingerprint density at radius 3 is 2.51 bits per heavy atom. The fraction of sp³-hybridized carbons (Fsp3) is 0.375. The van der Waals surface area contributed by atoms with Crippen LogP contribution in [0.5, 0.6) is 11.5 Å². The Balaban J connectivity index is 1.07. The van der Waals surface area contributed by atoms with Gasteiger partial charge in [-0.1, -0.05) is 55.9 Å². The number of aromatic nitrogens is 1. The van der Waals surface area contributed by atoms with Gasteiger partial charge in [0.05, 0.1) is 17.3 Å². The lowest BCUT2D eigenvalue weighted by molar-refractivity contribution is 0.0356. The average Bonchev–Trinajstić information content (AvgIpc) is 3.48. The molecule has 2 saturated heterocycles. The van der Waals surface area contributed by atoms with Gasteiger partial charge in [-0.15, -0.1) is 11.3 Å². The third-order valence-electron chi connectivity index (χ3n) is 7.90. The lowest BCUT2D eigenvalue weighted by Crippen LogP contribution is -2.49. The molecule has 7 heteroatoms. The van der Waals surface area contributed by atoms with Gasteiger partial charge in [-0.25, -0.2) is 4.98 Å². The van der Waals surface area contributed by atoms with Crippen molar-refractivity contribution in [3.63, 3.8) is 0 Å². The van der Waals surface area contributed by atoms with Gasteiger partial charge >= 0.3 is 0 Å². The molecule has 0 radical (unpaired) electrons. The molecule has 2 atom stereocenters. The molecule has 1 amide bonds. The lowest BCUT2D eigenvalue weighted by atomic mass is 9.97. The molecule has 2 bridgehead atoms. The summed E-state index contributed by atoms with van der Waals surface area (Å²) in [6.45, 7) is 4.41. The van der Waals surface area contributed by atoms with Gasteiger partial charge in [-0.2, -0.15) is 0 Å². The Morgan fingerprint density at radius 1 is 1.05 bits per heavy atom. The standard InChI is InChI=1S/C32H34N2O3S2/c1-20(2)27-6-4-5-7-29(27)37-26-16-23-12-13-24(17-26)34(23)31(35)22-10-8-21(9-11-22)19-38-32-33-28-18-25(36-3)14-15-30(28)39-32/h4-11,14-15,18,20,23-24,26H,12-13,16-17,19H2,1-3H3. The van der Waals surface area contributed by atoms with E-state index in [1.54, 1.807) is 30.2 Å². The fourth-order valence-corrected chi connectivity index (χ4v) is 7.92. The highest BCUT2D eigenvalue weighted by molar-refractivity contribution is 8.00. The predicted molar refractivity (Wildman–Crippen MR) is 159 cm³/mol. The van der Waals surface area contributed by atoms with Crippen LogP contribution in [0.25, 0.3) is 10.2 Å². The molecule has 39 heavy (non-hydrogen) atoms. The van der Waals surface area contributed by atoms with Crippen LogP contribution in [-0.2, 0) is 5.75 Å². The van der Waals surface area contributed by atoms with Crippen molar-refractivity contribution in [1.82, 2.24) is 9.88 Å². The number of benzene rings is 3. The topological polar surface area (TPSA) is 51.7 Å². The number of nitrogens with zero attached hydrogens (tertiary/aromatic N) is 2. The zero-order valence-electron chi connectivity index (χ0n) is 22.6. The summed E-state index contributed by atoms with van der Waals surface area (Å²) in [6.07, 6.45) is 4.08.